The fraction of sp³-hybridized carbons (Fsp3) is 0.409. The second-order valence-corrected chi connectivity index (χ2v) is 10.2. The summed E-state index contributed by atoms with van der Waals surface area (Å²) in [5.74, 6) is -1.85. The van der Waals surface area contributed by atoms with Crippen molar-refractivity contribution < 1.29 is 23.4 Å². The first-order valence-electron chi connectivity index (χ1n) is 9.96. The molecule has 0 atom stereocenters. The number of nitrogens with zero attached hydrogens (tertiary/aromatic N) is 1. The Morgan fingerprint density at radius 3 is 2.32 bits per heavy atom. The first kappa shape index (κ1) is 24.5. The van der Waals surface area contributed by atoms with Gasteiger partial charge in [-0.3, -0.25) is 4.72 Å². The van der Waals surface area contributed by atoms with Crippen molar-refractivity contribution in [2.45, 2.75) is 32.1 Å². The second-order valence-electron chi connectivity index (χ2n) is 8.51. The lowest BCUT2D eigenvalue weighted by Crippen LogP contribution is -2.34. The molecule has 9 heteroatoms. The van der Waals surface area contributed by atoms with Crippen LogP contribution < -0.4 is 10.0 Å². The minimum Gasteiger partial charge on any atom is -0.507 e. The molecule has 0 radical (unpaired) electrons. The second kappa shape index (κ2) is 9.57. The first-order chi connectivity index (χ1) is 14.4. The van der Waals surface area contributed by atoms with Gasteiger partial charge >= 0.3 is 5.97 Å². The number of benzene rings is 2. The third-order valence-electron chi connectivity index (χ3n) is 4.78. The molecule has 0 aliphatic carbocycles. The molecule has 2 aromatic carbocycles. The van der Waals surface area contributed by atoms with Crippen LogP contribution in [0.2, 0.25) is 0 Å². The smallest absolute Gasteiger partial charge is 0.341 e. The van der Waals surface area contributed by atoms with Crippen molar-refractivity contribution >= 4 is 27.4 Å². The fourth-order valence-electron chi connectivity index (χ4n) is 3.51. The number of aromatic carboxylic acids is 1. The van der Waals surface area contributed by atoms with Crippen LogP contribution >= 0.6 is 0 Å². The lowest BCUT2D eigenvalue weighted by molar-refractivity contribution is 0.0694. The Kier molecular flexibility index (Phi) is 7.56. The molecule has 170 valence electrons. The number of aryl methyl sites for hydroxylation is 1. The van der Waals surface area contributed by atoms with Gasteiger partial charge in [-0.1, -0.05) is 39.0 Å². The Bertz CT molecular complexity index is 1050. The van der Waals surface area contributed by atoms with Gasteiger partial charge in [0.1, 0.15) is 16.2 Å². The van der Waals surface area contributed by atoms with Gasteiger partial charge in [0.15, 0.2) is 0 Å². The number of carbonyl (C=O) groups is 1. The summed E-state index contributed by atoms with van der Waals surface area (Å²) < 4.78 is 28.6. The van der Waals surface area contributed by atoms with Crippen LogP contribution in [-0.2, 0) is 16.4 Å². The third-order valence-corrected chi connectivity index (χ3v) is 6.20. The molecule has 8 nitrogen and oxygen atoms in total. The van der Waals surface area contributed by atoms with Gasteiger partial charge in [-0.25, -0.2) is 13.2 Å². The van der Waals surface area contributed by atoms with E-state index in [4.69, 9.17) is 0 Å². The maximum absolute atomic E-state index is 13.1. The van der Waals surface area contributed by atoms with Crippen molar-refractivity contribution in [1.29, 1.82) is 0 Å². The summed E-state index contributed by atoms with van der Waals surface area (Å²) in [5, 5.41) is 23.0. The molecule has 2 aromatic rings. The highest BCUT2D eigenvalue weighted by atomic mass is 32.2. The maximum Gasteiger partial charge on any atom is 0.341 e. The van der Waals surface area contributed by atoms with Gasteiger partial charge < -0.3 is 20.4 Å². The monoisotopic (exact) mass is 449 g/mol. The van der Waals surface area contributed by atoms with Gasteiger partial charge in [-0.15, -0.1) is 0 Å². The van der Waals surface area contributed by atoms with Crippen LogP contribution in [0.4, 0.5) is 11.4 Å². The van der Waals surface area contributed by atoms with E-state index in [1.165, 1.54) is 18.2 Å². The van der Waals surface area contributed by atoms with Crippen molar-refractivity contribution in [3.05, 3.63) is 47.5 Å². The van der Waals surface area contributed by atoms with E-state index in [0.29, 0.717) is 24.2 Å². The largest absolute Gasteiger partial charge is 0.507 e. The molecule has 0 heterocycles. The summed E-state index contributed by atoms with van der Waals surface area (Å²) >= 11 is 0. The van der Waals surface area contributed by atoms with Crippen LogP contribution in [0.1, 0.15) is 36.7 Å². The zero-order valence-corrected chi connectivity index (χ0v) is 19.4. The lowest BCUT2D eigenvalue weighted by Gasteiger charge is -2.29. The number of hydrogen-bond acceptors (Lipinski definition) is 6. The van der Waals surface area contributed by atoms with E-state index in [-0.39, 0.29) is 16.0 Å². The van der Waals surface area contributed by atoms with Crippen LogP contribution in [0.15, 0.2) is 41.3 Å². The number of hydrogen-bond donors (Lipinski definition) is 4. The molecular formula is C22H31N3O5S. The number of aromatic hydroxyl groups is 1. The minimum atomic E-state index is -4.12. The molecule has 0 aliphatic rings. The zero-order valence-electron chi connectivity index (χ0n) is 18.6. The van der Waals surface area contributed by atoms with Crippen molar-refractivity contribution in [3.63, 3.8) is 0 Å². The number of carboxylic acid groups (broad SMARTS) is 1. The predicted octanol–water partition coefficient (Wildman–Crippen LogP) is 3.45. The summed E-state index contributed by atoms with van der Waals surface area (Å²) in [7, 11) is -0.173. The molecule has 0 bridgehead atoms. The lowest BCUT2D eigenvalue weighted by atomic mass is 9.93. The Morgan fingerprint density at radius 2 is 1.74 bits per heavy atom. The van der Waals surface area contributed by atoms with E-state index in [0.717, 1.165) is 6.54 Å². The number of para-hydroxylation sites is 1. The summed E-state index contributed by atoms with van der Waals surface area (Å²) in [6.45, 7) is 7.26. The van der Waals surface area contributed by atoms with Crippen LogP contribution in [0.5, 0.6) is 5.75 Å². The highest BCUT2D eigenvalue weighted by Crippen LogP contribution is 2.33. The maximum atomic E-state index is 13.1. The first-order valence-corrected chi connectivity index (χ1v) is 11.4. The summed E-state index contributed by atoms with van der Waals surface area (Å²) in [6, 6.07) is 9.30. The topological polar surface area (TPSA) is 119 Å². The highest BCUT2D eigenvalue weighted by molar-refractivity contribution is 7.92. The van der Waals surface area contributed by atoms with E-state index >= 15 is 0 Å². The van der Waals surface area contributed by atoms with Crippen molar-refractivity contribution in [2.24, 2.45) is 5.41 Å². The fourth-order valence-corrected chi connectivity index (χ4v) is 4.77. The van der Waals surface area contributed by atoms with Gasteiger partial charge in [0.2, 0.25) is 0 Å². The molecule has 0 spiro atoms. The number of anilines is 2. The van der Waals surface area contributed by atoms with E-state index in [2.05, 4.69) is 28.8 Å². The molecule has 0 aliphatic heterocycles. The summed E-state index contributed by atoms with van der Waals surface area (Å²) in [5.41, 5.74) is 0.0514. The van der Waals surface area contributed by atoms with E-state index in [1.54, 1.807) is 25.1 Å². The molecule has 0 saturated carbocycles. The van der Waals surface area contributed by atoms with Gasteiger partial charge in [-0.2, -0.15) is 0 Å². The van der Waals surface area contributed by atoms with E-state index in [9.17, 15) is 23.4 Å². The predicted molar refractivity (Wildman–Crippen MR) is 123 cm³/mol. The number of phenols is 1. The molecule has 31 heavy (non-hydrogen) atoms. The Hall–Kier alpha value is -2.78. The van der Waals surface area contributed by atoms with Crippen LogP contribution in [-0.4, -0.2) is 56.7 Å². The standard InChI is InChI=1S/C22H31N3O5S/c1-6-15-11-12-17(19(20(15)26)21(27)28)24-31(29,30)18-10-8-7-9-16(18)23-13-22(2,3)14-25(4)5/h7-12,23-24,26H,6,13-14H2,1-5H3,(H,27,28). The van der Waals surface area contributed by atoms with Crippen molar-refractivity contribution in [1.82, 2.24) is 4.90 Å². The highest BCUT2D eigenvalue weighted by Gasteiger charge is 2.25. The van der Waals surface area contributed by atoms with Crippen molar-refractivity contribution in [3.8, 4) is 5.75 Å². The quantitative estimate of drug-likeness (QED) is 0.439. The average Bonchev–Trinajstić information content (AvgIpc) is 2.65. The average molecular weight is 450 g/mol. The molecule has 0 saturated heterocycles. The van der Waals surface area contributed by atoms with Crippen LogP contribution in [0.25, 0.3) is 0 Å². The normalized spacial score (nSPS) is 12.1. The number of nitrogens with one attached hydrogen (secondary N) is 2. The molecule has 0 aromatic heterocycles. The Morgan fingerprint density at radius 1 is 1.10 bits per heavy atom. The number of rotatable bonds is 10. The van der Waals surface area contributed by atoms with Crippen LogP contribution in [0.3, 0.4) is 0 Å². The molecule has 0 unspecified atom stereocenters. The SMILES string of the molecule is CCc1ccc(NS(=O)(=O)c2ccccc2NCC(C)(C)CN(C)C)c(C(=O)O)c1O. The Labute approximate surface area is 184 Å². The summed E-state index contributed by atoms with van der Waals surface area (Å²) in [6.07, 6.45) is 0.411. The van der Waals surface area contributed by atoms with Gasteiger partial charge in [0, 0.05) is 13.1 Å². The molecule has 4 N–H and O–H groups in total. The third kappa shape index (κ3) is 6.11. The molecule has 0 fully saturated rings. The molecule has 0 amide bonds. The van der Waals surface area contributed by atoms with Gasteiger partial charge in [0.05, 0.1) is 11.4 Å². The van der Waals surface area contributed by atoms with Crippen LogP contribution in [0, 0.1) is 5.41 Å². The van der Waals surface area contributed by atoms with Crippen molar-refractivity contribution in [2.75, 3.05) is 37.2 Å². The molecule has 2 rings (SSSR count). The summed E-state index contributed by atoms with van der Waals surface area (Å²) in [4.78, 5) is 13.7. The van der Waals surface area contributed by atoms with E-state index < -0.39 is 27.3 Å². The zero-order chi connectivity index (χ0) is 23.4. The van der Waals surface area contributed by atoms with E-state index in [1.807, 2.05) is 14.1 Å². The van der Waals surface area contributed by atoms with Gasteiger partial charge in [-0.05, 0) is 49.7 Å². The minimum absolute atomic E-state index is 0.00829. The number of carboxylic acids is 1. The Balaban J connectivity index is 2.38. The molecular weight excluding hydrogens is 418 g/mol. The van der Waals surface area contributed by atoms with Gasteiger partial charge in [0.25, 0.3) is 10.0 Å². The number of sulfonamides is 1.